The molecule has 1 aromatic rings. The van der Waals surface area contributed by atoms with E-state index in [1.165, 1.54) is 6.92 Å². The van der Waals surface area contributed by atoms with Gasteiger partial charge in [0.25, 0.3) is 5.56 Å². The zero-order chi connectivity index (χ0) is 16.3. The van der Waals surface area contributed by atoms with Crippen LogP contribution in [0.1, 0.15) is 31.7 Å². The summed E-state index contributed by atoms with van der Waals surface area (Å²) in [4.78, 5) is 22.3. The molecule has 0 spiro atoms. The normalized spacial score (nSPS) is 21.8. The van der Waals surface area contributed by atoms with E-state index < -0.39 is 23.0 Å². The predicted octanol–water partition coefficient (Wildman–Crippen LogP) is 1.27. The molecule has 0 aromatic carbocycles. The van der Waals surface area contributed by atoms with E-state index in [1.807, 2.05) is 0 Å². The number of ketones is 1. The Morgan fingerprint density at radius 2 is 2.09 bits per heavy atom. The van der Waals surface area contributed by atoms with Crippen molar-refractivity contribution in [2.75, 3.05) is 6.61 Å². The molecule has 6 nitrogen and oxygen atoms in total. The van der Waals surface area contributed by atoms with Crippen molar-refractivity contribution >= 4 is 5.78 Å². The van der Waals surface area contributed by atoms with Crippen LogP contribution in [0.15, 0.2) is 11.0 Å². The van der Waals surface area contributed by atoms with E-state index in [9.17, 15) is 22.8 Å². The number of carbonyl (C=O) groups is 1. The number of rotatable bonds is 5. The summed E-state index contributed by atoms with van der Waals surface area (Å²) in [6.45, 7) is 1.46. The first-order valence-electron chi connectivity index (χ1n) is 6.80. The molecule has 1 aromatic heterocycles. The molecular formula is C13H16F3N3O3. The summed E-state index contributed by atoms with van der Waals surface area (Å²) in [7, 11) is 0. The van der Waals surface area contributed by atoms with Crippen molar-refractivity contribution in [3.63, 3.8) is 0 Å². The number of H-pyrrole nitrogens is 1. The van der Waals surface area contributed by atoms with E-state index in [-0.39, 0.29) is 24.5 Å². The summed E-state index contributed by atoms with van der Waals surface area (Å²) in [6.07, 6.45) is -2.14. The monoisotopic (exact) mass is 319 g/mol. The summed E-state index contributed by atoms with van der Waals surface area (Å²) in [5.41, 5.74) is -2.72. The average molecular weight is 319 g/mol. The minimum absolute atomic E-state index is 0.0190. The summed E-state index contributed by atoms with van der Waals surface area (Å²) >= 11 is 0. The number of alkyl halides is 3. The van der Waals surface area contributed by atoms with E-state index in [2.05, 4.69) is 10.4 Å². The molecular weight excluding hydrogens is 303 g/mol. The third kappa shape index (κ3) is 4.06. The van der Waals surface area contributed by atoms with Gasteiger partial charge in [-0.15, -0.1) is 0 Å². The molecule has 2 atom stereocenters. The zero-order valence-electron chi connectivity index (χ0n) is 11.9. The van der Waals surface area contributed by atoms with Gasteiger partial charge in [0, 0.05) is 18.5 Å². The van der Waals surface area contributed by atoms with Crippen LogP contribution in [0.5, 0.6) is 5.75 Å². The minimum Gasteiger partial charge on any atom is -0.489 e. The minimum atomic E-state index is -4.81. The summed E-state index contributed by atoms with van der Waals surface area (Å²) < 4.78 is 43.6. The lowest BCUT2D eigenvalue weighted by Gasteiger charge is -2.16. The Morgan fingerprint density at radius 1 is 1.41 bits per heavy atom. The molecule has 9 heteroatoms. The van der Waals surface area contributed by atoms with Gasteiger partial charge in [0.1, 0.15) is 12.4 Å². The third-order valence-corrected chi connectivity index (χ3v) is 3.41. The standard InChI is InChI=1S/C13H16F3N3O3/c1-7(20)4-8-2-3-9(18-8)6-22-10-5-17-19-12(21)11(10)13(14,15)16/h5,8-9,18H,2-4,6H2,1H3,(H,19,21). The number of ether oxygens (including phenoxy) is 1. The van der Waals surface area contributed by atoms with Crippen molar-refractivity contribution in [1.82, 2.24) is 15.5 Å². The van der Waals surface area contributed by atoms with Gasteiger partial charge >= 0.3 is 6.18 Å². The summed E-state index contributed by atoms with van der Waals surface area (Å²) in [5, 5.41) is 8.21. The molecule has 2 unspecified atom stereocenters. The second-order valence-corrected chi connectivity index (χ2v) is 5.29. The Kier molecular flexibility index (Phi) is 4.84. The van der Waals surface area contributed by atoms with Crippen LogP contribution in [-0.4, -0.2) is 34.7 Å². The lowest BCUT2D eigenvalue weighted by Crippen LogP contribution is -2.35. The maximum Gasteiger partial charge on any atom is 0.425 e. The molecule has 122 valence electrons. The van der Waals surface area contributed by atoms with Gasteiger partial charge in [0.2, 0.25) is 0 Å². The predicted molar refractivity (Wildman–Crippen MR) is 70.6 cm³/mol. The topological polar surface area (TPSA) is 84.1 Å². The summed E-state index contributed by atoms with van der Waals surface area (Å²) in [5.74, 6) is -0.537. The molecule has 1 fully saturated rings. The van der Waals surface area contributed by atoms with Crippen LogP contribution in [0, 0.1) is 0 Å². The Morgan fingerprint density at radius 3 is 2.73 bits per heavy atom. The Bertz CT molecular complexity index is 600. The van der Waals surface area contributed by atoms with Crippen LogP contribution in [0.2, 0.25) is 0 Å². The molecule has 22 heavy (non-hydrogen) atoms. The van der Waals surface area contributed by atoms with Crippen LogP contribution < -0.4 is 15.6 Å². The van der Waals surface area contributed by atoms with E-state index in [0.29, 0.717) is 12.8 Å². The number of carbonyl (C=O) groups excluding carboxylic acids is 1. The Labute approximate surface area is 124 Å². The molecule has 1 aliphatic heterocycles. The molecule has 1 saturated heterocycles. The van der Waals surface area contributed by atoms with Crippen LogP contribution in [0.3, 0.4) is 0 Å². The fourth-order valence-corrected chi connectivity index (χ4v) is 2.49. The van der Waals surface area contributed by atoms with Crippen molar-refractivity contribution in [2.24, 2.45) is 0 Å². The molecule has 2 N–H and O–H groups in total. The van der Waals surface area contributed by atoms with E-state index in [1.54, 1.807) is 5.10 Å². The number of hydrogen-bond donors (Lipinski definition) is 2. The molecule has 2 rings (SSSR count). The fraction of sp³-hybridized carbons (Fsp3) is 0.615. The maximum atomic E-state index is 12.8. The fourth-order valence-electron chi connectivity index (χ4n) is 2.49. The first-order chi connectivity index (χ1) is 10.3. The molecule has 0 radical (unpaired) electrons. The van der Waals surface area contributed by atoms with Crippen LogP contribution in [0.25, 0.3) is 0 Å². The average Bonchev–Trinajstić information content (AvgIpc) is 2.81. The maximum absolute atomic E-state index is 12.8. The first-order valence-corrected chi connectivity index (χ1v) is 6.80. The highest BCUT2D eigenvalue weighted by molar-refractivity contribution is 5.76. The first kappa shape index (κ1) is 16.5. The number of nitrogens with zero attached hydrogens (tertiary/aromatic N) is 1. The van der Waals surface area contributed by atoms with Crippen molar-refractivity contribution in [1.29, 1.82) is 0 Å². The van der Waals surface area contributed by atoms with E-state index in [0.717, 1.165) is 12.6 Å². The SMILES string of the molecule is CC(=O)CC1CCC(COc2cn[nH]c(=O)c2C(F)(F)F)N1. The summed E-state index contributed by atoms with van der Waals surface area (Å²) in [6, 6.07) is -0.143. The molecule has 0 aliphatic carbocycles. The van der Waals surface area contributed by atoms with Crippen molar-refractivity contribution in [3.8, 4) is 5.75 Å². The van der Waals surface area contributed by atoms with E-state index >= 15 is 0 Å². The second-order valence-electron chi connectivity index (χ2n) is 5.29. The zero-order valence-corrected chi connectivity index (χ0v) is 11.9. The molecule has 0 saturated carbocycles. The smallest absolute Gasteiger partial charge is 0.425 e. The van der Waals surface area contributed by atoms with Gasteiger partial charge in [-0.3, -0.25) is 9.59 Å². The highest BCUT2D eigenvalue weighted by atomic mass is 19.4. The quantitative estimate of drug-likeness (QED) is 0.854. The number of nitrogens with one attached hydrogen (secondary N) is 2. The number of Topliss-reactive ketones (excluding diaryl/α,β-unsaturated/α-hetero) is 1. The molecule has 0 bridgehead atoms. The number of halogens is 3. The molecule has 0 amide bonds. The van der Waals surface area contributed by atoms with Gasteiger partial charge < -0.3 is 10.1 Å². The molecule has 1 aliphatic rings. The van der Waals surface area contributed by atoms with E-state index in [4.69, 9.17) is 4.74 Å². The second kappa shape index (κ2) is 6.47. The van der Waals surface area contributed by atoms with Crippen molar-refractivity contribution in [2.45, 2.75) is 44.4 Å². The lowest BCUT2D eigenvalue weighted by atomic mass is 10.1. The largest absolute Gasteiger partial charge is 0.489 e. The van der Waals surface area contributed by atoms with Crippen LogP contribution >= 0.6 is 0 Å². The Balaban J connectivity index is 2.00. The number of aromatic nitrogens is 2. The number of hydrogen-bond acceptors (Lipinski definition) is 5. The highest BCUT2D eigenvalue weighted by Crippen LogP contribution is 2.32. The van der Waals surface area contributed by atoms with Gasteiger partial charge in [-0.1, -0.05) is 0 Å². The Hall–Kier alpha value is -1.90. The third-order valence-electron chi connectivity index (χ3n) is 3.41. The van der Waals surface area contributed by atoms with Gasteiger partial charge in [-0.2, -0.15) is 18.3 Å². The molecule has 2 heterocycles. The van der Waals surface area contributed by atoms with Crippen molar-refractivity contribution < 1.29 is 22.7 Å². The lowest BCUT2D eigenvalue weighted by molar-refractivity contribution is -0.140. The van der Waals surface area contributed by atoms with Gasteiger partial charge in [-0.05, 0) is 19.8 Å². The van der Waals surface area contributed by atoms with Gasteiger partial charge in [0.05, 0.1) is 6.20 Å². The van der Waals surface area contributed by atoms with Crippen LogP contribution in [-0.2, 0) is 11.0 Å². The highest BCUT2D eigenvalue weighted by Gasteiger charge is 2.38. The van der Waals surface area contributed by atoms with Gasteiger partial charge in [-0.25, -0.2) is 5.10 Å². The number of aromatic amines is 1. The van der Waals surface area contributed by atoms with Crippen molar-refractivity contribution in [3.05, 3.63) is 22.1 Å². The van der Waals surface area contributed by atoms with Gasteiger partial charge in [0.15, 0.2) is 11.3 Å². The van der Waals surface area contributed by atoms with Crippen LogP contribution in [0.4, 0.5) is 13.2 Å².